The van der Waals surface area contributed by atoms with Crippen molar-refractivity contribution in [2.24, 2.45) is 0 Å². The van der Waals surface area contributed by atoms with Gasteiger partial charge in [0.05, 0.1) is 0 Å². The van der Waals surface area contributed by atoms with Gasteiger partial charge in [0, 0.05) is 23.8 Å². The lowest BCUT2D eigenvalue weighted by Gasteiger charge is -2.34. The molecule has 0 saturated carbocycles. The summed E-state index contributed by atoms with van der Waals surface area (Å²) in [5.41, 5.74) is 1.98. The summed E-state index contributed by atoms with van der Waals surface area (Å²) in [5.74, 6) is -0.0483. The first-order valence-corrected chi connectivity index (χ1v) is 5.24. The van der Waals surface area contributed by atoms with E-state index < -0.39 is 0 Å². The van der Waals surface area contributed by atoms with E-state index in [0.717, 1.165) is 30.6 Å². The van der Waals surface area contributed by atoms with Crippen LogP contribution in [0.5, 0.6) is 0 Å². The van der Waals surface area contributed by atoms with Gasteiger partial charge < -0.3 is 4.90 Å². The lowest BCUT2D eigenvalue weighted by molar-refractivity contribution is 0.572. The van der Waals surface area contributed by atoms with Gasteiger partial charge in [-0.05, 0) is 38.8 Å². The van der Waals surface area contributed by atoms with Crippen LogP contribution in [0, 0.1) is 5.82 Å². The van der Waals surface area contributed by atoms with Gasteiger partial charge in [-0.1, -0.05) is 6.07 Å². The molecule has 0 amide bonds. The Morgan fingerprint density at radius 3 is 2.86 bits per heavy atom. The third-order valence-electron chi connectivity index (χ3n) is 2.85. The van der Waals surface area contributed by atoms with E-state index >= 15 is 0 Å². The summed E-state index contributed by atoms with van der Waals surface area (Å²) in [5, 5.41) is 0. The molecule has 76 valence electrons. The lowest BCUT2D eigenvalue weighted by atomic mass is 10.00. The topological polar surface area (TPSA) is 3.24 Å². The van der Waals surface area contributed by atoms with Gasteiger partial charge >= 0.3 is 0 Å². The number of benzene rings is 1. The minimum Gasteiger partial charge on any atom is -0.369 e. The molecule has 1 nitrogen and oxygen atoms in total. The molecule has 1 aromatic carbocycles. The molecule has 0 atom stereocenters. The van der Waals surface area contributed by atoms with Crippen LogP contribution in [0.2, 0.25) is 0 Å². The number of hydrogen-bond acceptors (Lipinski definition) is 1. The first-order chi connectivity index (χ1) is 6.70. The van der Waals surface area contributed by atoms with Crippen molar-refractivity contribution in [1.82, 2.24) is 0 Å². The Bertz CT molecular complexity index is 333. The highest BCUT2D eigenvalue weighted by Gasteiger charge is 2.20. The van der Waals surface area contributed by atoms with Crippen molar-refractivity contribution >= 4 is 5.69 Å². The maximum atomic E-state index is 13.5. The highest BCUT2D eigenvalue weighted by Crippen LogP contribution is 2.30. The first kappa shape index (κ1) is 9.50. The summed E-state index contributed by atoms with van der Waals surface area (Å²) >= 11 is 0. The Hall–Kier alpha value is -1.05. The minimum absolute atomic E-state index is 0.0483. The number of nitrogens with zero attached hydrogens (tertiary/aromatic N) is 1. The molecular weight excluding hydrogens is 177 g/mol. The van der Waals surface area contributed by atoms with Gasteiger partial charge in [0.1, 0.15) is 5.82 Å². The molecular formula is C12H16FN. The molecule has 0 aliphatic carbocycles. The van der Waals surface area contributed by atoms with Gasteiger partial charge in [-0.2, -0.15) is 0 Å². The van der Waals surface area contributed by atoms with Crippen LogP contribution in [0.4, 0.5) is 10.1 Å². The minimum atomic E-state index is -0.0483. The zero-order chi connectivity index (χ0) is 10.1. The van der Waals surface area contributed by atoms with E-state index in [0.29, 0.717) is 6.04 Å². The standard InChI is InChI=1S/C12H16FN/c1-9(2)14-8-4-5-10-11(13)6-3-7-12(10)14/h3,6-7,9H,4-5,8H2,1-2H3. The third kappa shape index (κ3) is 1.49. The highest BCUT2D eigenvalue weighted by atomic mass is 19.1. The quantitative estimate of drug-likeness (QED) is 0.662. The first-order valence-electron chi connectivity index (χ1n) is 5.24. The van der Waals surface area contributed by atoms with Crippen LogP contribution in [-0.2, 0) is 6.42 Å². The van der Waals surface area contributed by atoms with E-state index in [1.54, 1.807) is 12.1 Å². The van der Waals surface area contributed by atoms with E-state index in [2.05, 4.69) is 18.7 Å². The summed E-state index contributed by atoms with van der Waals surface area (Å²) in [6, 6.07) is 5.84. The summed E-state index contributed by atoms with van der Waals surface area (Å²) < 4.78 is 13.5. The van der Waals surface area contributed by atoms with Gasteiger partial charge in [0.15, 0.2) is 0 Å². The Labute approximate surface area is 84.5 Å². The molecule has 14 heavy (non-hydrogen) atoms. The van der Waals surface area contributed by atoms with Crippen LogP contribution in [0.1, 0.15) is 25.8 Å². The van der Waals surface area contributed by atoms with E-state index in [-0.39, 0.29) is 5.82 Å². The van der Waals surface area contributed by atoms with Crippen molar-refractivity contribution in [2.75, 3.05) is 11.4 Å². The Kier molecular flexibility index (Phi) is 2.44. The molecule has 0 radical (unpaired) electrons. The third-order valence-corrected chi connectivity index (χ3v) is 2.85. The highest BCUT2D eigenvalue weighted by molar-refractivity contribution is 5.56. The summed E-state index contributed by atoms with van der Waals surface area (Å²) in [6.45, 7) is 5.36. The normalized spacial score (nSPS) is 15.9. The second kappa shape index (κ2) is 3.60. The van der Waals surface area contributed by atoms with Gasteiger partial charge in [-0.25, -0.2) is 4.39 Å². The Balaban J connectivity index is 2.44. The largest absolute Gasteiger partial charge is 0.369 e. The monoisotopic (exact) mass is 193 g/mol. The fourth-order valence-corrected chi connectivity index (χ4v) is 2.15. The zero-order valence-corrected chi connectivity index (χ0v) is 8.76. The molecule has 0 spiro atoms. The summed E-state index contributed by atoms with van der Waals surface area (Å²) in [6.07, 6.45) is 1.94. The fourth-order valence-electron chi connectivity index (χ4n) is 2.15. The molecule has 1 heterocycles. The molecule has 0 unspecified atom stereocenters. The maximum absolute atomic E-state index is 13.5. The van der Waals surface area contributed by atoms with Crippen molar-refractivity contribution in [3.05, 3.63) is 29.6 Å². The zero-order valence-electron chi connectivity index (χ0n) is 8.76. The molecule has 0 saturated heterocycles. The summed E-state index contributed by atoms with van der Waals surface area (Å²) in [7, 11) is 0. The fraction of sp³-hybridized carbons (Fsp3) is 0.500. The van der Waals surface area contributed by atoms with Gasteiger partial charge in [0.25, 0.3) is 0 Å². The number of rotatable bonds is 1. The second-order valence-electron chi connectivity index (χ2n) is 4.13. The van der Waals surface area contributed by atoms with Gasteiger partial charge in [0.2, 0.25) is 0 Å². The molecule has 2 rings (SSSR count). The molecule has 0 aromatic heterocycles. The van der Waals surface area contributed by atoms with Gasteiger partial charge in [-0.15, -0.1) is 0 Å². The molecule has 0 fully saturated rings. The van der Waals surface area contributed by atoms with E-state index in [1.807, 2.05) is 6.07 Å². The molecule has 1 aromatic rings. The molecule has 2 heteroatoms. The van der Waals surface area contributed by atoms with Crippen LogP contribution in [-0.4, -0.2) is 12.6 Å². The van der Waals surface area contributed by atoms with Crippen molar-refractivity contribution in [2.45, 2.75) is 32.7 Å². The van der Waals surface area contributed by atoms with Gasteiger partial charge in [-0.3, -0.25) is 0 Å². The average Bonchev–Trinajstić information content (AvgIpc) is 2.17. The van der Waals surface area contributed by atoms with E-state index in [9.17, 15) is 4.39 Å². The second-order valence-corrected chi connectivity index (χ2v) is 4.13. The maximum Gasteiger partial charge on any atom is 0.128 e. The predicted octanol–water partition coefficient (Wildman–Crippen LogP) is 2.99. The molecule has 1 aliphatic rings. The lowest BCUT2D eigenvalue weighted by Crippen LogP contribution is -2.35. The molecule has 1 aliphatic heterocycles. The molecule has 0 bridgehead atoms. The number of anilines is 1. The predicted molar refractivity (Wildman–Crippen MR) is 57.2 cm³/mol. The van der Waals surface area contributed by atoms with Crippen LogP contribution >= 0.6 is 0 Å². The van der Waals surface area contributed by atoms with Crippen molar-refractivity contribution in [1.29, 1.82) is 0 Å². The summed E-state index contributed by atoms with van der Waals surface area (Å²) in [4.78, 5) is 2.28. The Morgan fingerprint density at radius 1 is 1.36 bits per heavy atom. The van der Waals surface area contributed by atoms with Crippen LogP contribution in [0.25, 0.3) is 0 Å². The number of fused-ring (bicyclic) bond motifs is 1. The van der Waals surface area contributed by atoms with Crippen LogP contribution in [0.3, 0.4) is 0 Å². The van der Waals surface area contributed by atoms with Crippen molar-refractivity contribution in [3.63, 3.8) is 0 Å². The van der Waals surface area contributed by atoms with E-state index in [4.69, 9.17) is 0 Å². The van der Waals surface area contributed by atoms with Crippen molar-refractivity contribution < 1.29 is 4.39 Å². The average molecular weight is 193 g/mol. The number of halogens is 1. The van der Waals surface area contributed by atoms with Crippen LogP contribution in [0.15, 0.2) is 18.2 Å². The van der Waals surface area contributed by atoms with Crippen molar-refractivity contribution in [3.8, 4) is 0 Å². The Morgan fingerprint density at radius 2 is 2.14 bits per heavy atom. The van der Waals surface area contributed by atoms with E-state index in [1.165, 1.54) is 0 Å². The SMILES string of the molecule is CC(C)N1CCCc2c(F)cccc21. The molecule has 0 N–H and O–H groups in total. The smallest absolute Gasteiger partial charge is 0.128 e. The number of hydrogen-bond donors (Lipinski definition) is 0. The van der Waals surface area contributed by atoms with Crippen LogP contribution < -0.4 is 4.90 Å².